The van der Waals surface area contributed by atoms with Crippen molar-refractivity contribution in [1.29, 1.82) is 0 Å². The maximum absolute atomic E-state index is 10.7. The highest BCUT2D eigenvalue weighted by Crippen LogP contribution is 2.48. The molecule has 0 radical (unpaired) electrons. The summed E-state index contributed by atoms with van der Waals surface area (Å²) < 4.78 is 0. The number of pyridine rings is 1. The molecule has 0 aromatic carbocycles. The number of nitrogens with one attached hydrogen (secondary N) is 1. The molecular formula is C11H16N4O3. The summed E-state index contributed by atoms with van der Waals surface area (Å²) in [6, 6.07) is 2.59. The Morgan fingerprint density at radius 1 is 1.56 bits per heavy atom. The van der Waals surface area contributed by atoms with Gasteiger partial charge in [-0.05, 0) is 24.7 Å². The first kappa shape index (κ1) is 12.6. The van der Waals surface area contributed by atoms with Crippen LogP contribution in [0.3, 0.4) is 0 Å². The fourth-order valence-corrected chi connectivity index (χ4v) is 1.94. The van der Waals surface area contributed by atoms with Gasteiger partial charge in [-0.15, -0.1) is 0 Å². The molecule has 1 aromatic rings. The lowest BCUT2D eigenvalue weighted by atomic mass is 10.0. The van der Waals surface area contributed by atoms with Gasteiger partial charge in [0.15, 0.2) is 0 Å². The number of nitrogens with two attached hydrogens (primary N) is 1. The van der Waals surface area contributed by atoms with Crippen molar-refractivity contribution in [3.8, 4) is 0 Å². The van der Waals surface area contributed by atoms with E-state index >= 15 is 0 Å². The molecule has 4 N–H and O–H groups in total. The lowest BCUT2D eigenvalue weighted by molar-refractivity contribution is -0.384. The molecule has 0 spiro atoms. The molecule has 7 heteroatoms. The van der Waals surface area contributed by atoms with Crippen LogP contribution in [0.25, 0.3) is 0 Å². The molecule has 1 aliphatic rings. The molecule has 0 unspecified atom stereocenters. The normalized spacial score (nSPS) is 16.3. The molecule has 0 amide bonds. The Morgan fingerprint density at radius 2 is 2.28 bits per heavy atom. The Bertz CT molecular complexity index is 460. The van der Waals surface area contributed by atoms with E-state index in [2.05, 4.69) is 10.3 Å². The summed E-state index contributed by atoms with van der Waals surface area (Å²) in [5.41, 5.74) is 5.56. The number of rotatable bonds is 6. The van der Waals surface area contributed by atoms with Crippen LogP contribution in [0.2, 0.25) is 0 Å². The lowest BCUT2D eigenvalue weighted by Crippen LogP contribution is -2.17. The van der Waals surface area contributed by atoms with E-state index in [1.807, 2.05) is 0 Å². The van der Waals surface area contributed by atoms with E-state index in [1.165, 1.54) is 12.1 Å². The van der Waals surface area contributed by atoms with Crippen LogP contribution in [0.5, 0.6) is 0 Å². The third-order valence-electron chi connectivity index (χ3n) is 3.28. The van der Waals surface area contributed by atoms with Crippen molar-refractivity contribution in [1.82, 2.24) is 4.98 Å². The number of aliphatic hydroxyl groups excluding tert-OH is 1. The third-order valence-corrected chi connectivity index (χ3v) is 3.28. The second kappa shape index (κ2) is 4.77. The minimum Gasteiger partial charge on any atom is -0.396 e. The number of anilines is 2. The molecule has 2 rings (SSSR count). The predicted molar refractivity (Wildman–Crippen MR) is 67.2 cm³/mol. The van der Waals surface area contributed by atoms with Crippen molar-refractivity contribution < 1.29 is 10.0 Å². The van der Waals surface area contributed by atoms with E-state index < -0.39 is 4.92 Å². The molecule has 1 aromatic heterocycles. The maximum atomic E-state index is 10.7. The number of aliphatic hydroxyl groups is 1. The van der Waals surface area contributed by atoms with Gasteiger partial charge in [0.05, 0.1) is 17.1 Å². The molecule has 1 saturated carbocycles. The van der Waals surface area contributed by atoms with Crippen molar-refractivity contribution in [2.45, 2.75) is 19.3 Å². The van der Waals surface area contributed by atoms with Crippen molar-refractivity contribution in [2.75, 3.05) is 24.2 Å². The first-order valence-corrected chi connectivity index (χ1v) is 5.81. The number of hydrogen-bond acceptors (Lipinski definition) is 6. The summed E-state index contributed by atoms with van der Waals surface area (Å²) in [6.45, 7) is 0.813. The summed E-state index contributed by atoms with van der Waals surface area (Å²) in [7, 11) is 0. The Balaban J connectivity index is 2.03. The Kier molecular flexibility index (Phi) is 3.33. The molecular weight excluding hydrogens is 236 g/mol. The van der Waals surface area contributed by atoms with Gasteiger partial charge >= 0.3 is 0 Å². The molecule has 0 bridgehead atoms. The summed E-state index contributed by atoms with van der Waals surface area (Å²) >= 11 is 0. The van der Waals surface area contributed by atoms with Crippen LogP contribution in [-0.2, 0) is 0 Å². The molecule has 0 aliphatic heterocycles. The van der Waals surface area contributed by atoms with Crippen LogP contribution in [0, 0.1) is 15.5 Å². The van der Waals surface area contributed by atoms with E-state index in [9.17, 15) is 10.1 Å². The quantitative estimate of drug-likeness (QED) is 0.516. The van der Waals surface area contributed by atoms with Gasteiger partial charge in [-0.2, -0.15) is 0 Å². The molecule has 0 atom stereocenters. The van der Waals surface area contributed by atoms with Gasteiger partial charge in [-0.3, -0.25) is 10.1 Å². The number of hydrogen-bond donors (Lipinski definition) is 3. The van der Waals surface area contributed by atoms with E-state index in [4.69, 9.17) is 10.8 Å². The van der Waals surface area contributed by atoms with Gasteiger partial charge in [0, 0.05) is 13.2 Å². The minimum atomic E-state index is -0.496. The Labute approximate surface area is 104 Å². The fraction of sp³-hybridized carbons (Fsp3) is 0.545. The van der Waals surface area contributed by atoms with Crippen molar-refractivity contribution >= 4 is 17.3 Å². The van der Waals surface area contributed by atoms with Crippen molar-refractivity contribution in [3.05, 3.63) is 22.2 Å². The zero-order valence-corrected chi connectivity index (χ0v) is 9.93. The standard InChI is InChI=1S/C11H16N4O3/c12-9-5-8(15(17)18)6-10(14-9)13-7-11(1-2-11)3-4-16/h5-6,16H,1-4,7H2,(H3,12,13,14). The van der Waals surface area contributed by atoms with Gasteiger partial charge in [-0.25, -0.2) is 4.98 Å². The third kappa shape index (κ3) is 2.86. The molecule has 7 nitrogen and oxygen atoms in total. The largest absolute Gasteiger partial charge is 0.396 e. The summed E-state index contributed by atoms with van der Waals surface area (Å²) in [5, 5.41) is 22.7. The predicted octanol–water partition coefficient (Wildman–Crippen LogP) is 1.15. The Hall–Kier alpha value is -1.89. The highest BCUT2D eigenvalue weighted by atomic mass is 16.6. The van der Waals surface area contributed by atoms with E-state index in [0.29, 0.717) is 12.4 Å². The monoisotopic (exact) mass is 252 g/mol. The Morgan fingerprint density at radius 3 is 2.83 bits per heavy atom. The number of aromatic nitrogens is 1. The molecule has 1 fully saturated rings. The first-order valence-electron chi connectivity index (χ1n) is 5.81. The molecule has 98 valence electrons. The smallest absolute Gasteiger partial charge is 0.276 e. The van der Waals surface area contributed by atoms with Crippen molar-refractivity contribution in [3.63, 3.8) is 0 Å². The molecule has 1 heterocycles. The fourth-order valence-electron chi connectivity index (χ4n) is 1.94. The molecule has 18 heavy (non-hydrogen) atoms. The van der Waals surface area contributed by atoms with Crippen LogP contribution >= 0.6 is 0 Å². The van der Waals surface area contributed by atoms with Crippen LogP contribution < -0.4 is 11.1 Å². The van der Waals surface area contributed by atoms with Crippen molar-refractivity contribution in [2.24, 2.45) is 5.41 Å². The molecule has 1 aliphatic carbocycles. The maximum Gasteiger partial charge on any atom is 0.276 e. The van der Waals surface area contributed by atoms with Gasteiger partial charge in [0.1, 0.15) is 11.6 Å². The highest BCUT2D eigenvalue weighted by Gasteiger charge is 2.41. The molecule has 0 saturated heterocycles. The van der Waals surface area contributed by atoms with Crippen LogP contribution in [-0.4, -0.2) is 28.2 Å². The number of nitrogen functional groups attached to an aromatic ring is 1. The first-order chi connectivity index (χ1) is 8.54. The van der Waals surface area contributed by atoms with E-state index in [1.54, 1.807) is 0 Å². The van der Waals surface area contributed by atoms with E-state index in [0.717, 1.165) is 19.3 Å². The zero-order valence-electron chi connectivity index (χ0n) is 9.93. The summed E-state index contributed by atoms with van der Waals surface area (Å²) in [4.78, 5) is 14.2. The van der Waals surface area contributed by atoms with Crippen LogP contribution in [0.1, 0.15) is 19.3 Å². The summed E-state index contributed by atoms with van der Waals surface area (Å²) in [5.74, 6) is 0.532. The van der Waals surface area contributed by atoms with Gasteiger partial charge in [0.2, 0.25) is 0 Å². The SMILES string of the molecule is Nc1cc([N+](=O)[O-])cc(NCC2(CCO)CC2)n1. The lowest BCUT2D eigenvalue weighted by Gasteiger charge is -2.14. The van der Waals surface area contributed by atoms with Crippen LogP contribution in [0.4, 0.5) is 17.3 Å². The zero-order chi connectivity index (χ0) is 13.2. The van der Waals surface area contributed by atoms with Gasteiger partial charge in [0.25, 0.3) is 5.69 Å². The second-order valence-corrected chi connectivity index (χ2v) is 4.72. The topological polar surface area (TPSA) is 114 Å². The van der Waals surface area contributed by atoms with Gasteiger partial charge in [-0.1, -0.05) is 0 Å². The van der Waals surface area contributed by atoms with Crippen LogP contribution in [0.15, 0.2) is 12.1 Å². The second-order valence-electron chi connectivity index (χ2n) is 4.72. The number of nitrogens with zero attached hydrogens (tertiary/aromatic N) is 2. The highest BCUT2D eigenvalue weighted by molar-refractivity contribution is 5.52. The van der Waals surface area contributed by atoms with E-state index in [-0.39, 0.29) is 23.5 Å². The number of nitro groups is 1. The van der Waals surface area contributed by atoms with Gasteiger partial charge < -0.3 is 16.2 Å². The summed E-state index contributed by atoms with van der Waals surface area (Å²) in [6.07, 6.45) is 2.86. The minimum absolute atomic E-state index is 0.0722. The average Bonchev–Trinajstić information content (AvgIpc) is 3.07. The average molecular weight is 252 g/mol.